The van der Waals surface area contributed by atoms with Crippen LogP contribution in [-0.2, 0) is 10.3 Å². The largest absolute Gasteiger partial charge is 0.491 e. The van der Waals surface area contributed by atoms with E-state index in [1.807, 2.05) is 45.0 Å². The second-order valence-electron chi connectivity index (χ2n) is 9.24. The second kappa shape index (κ2) is 9.78. The molecule has 2 amide bonds. The molecule has 0 radical (unpaired) electrons. The van der Waals surface area contributed by atoms with Crippen molar-refractivity contribution in [1.29, 1.82) is 0 Å². The first kappa shape index (κ1) is 24.3. The van der Waals surface area contributed by atoms with E-state index in [1.54, 1.807) is 12.3 Å². The van der Waals surface area contributed by atoms with Crippen molar-refractivity contribution in [1.82, 2.24) is 15.6 Å². The Morgan fingerprint density at radius 2 is 1.97 bits per heavy atom. The summed E-state index contributed by atoms with van der Waals surface area (Å²) in [6, 6.07) is 13.3. The number of allylic oxidation sites excluding steroid dienone is 1. The van der Waals surface area contributed by atoms with Crippen molar-refractivity contribution in [2.45, 2.75) is 45.2 Å². The Morgan fingerprint density at radius 3 is 2.66 bits per heavy atom. The van der Waals surface area contributed by atoms with Crippen LogP contribution in [0.2, 0.25) is 0 Å². The van der Waals surface area contributed by atoms with Crippen LogP contribution < -0.4 is 15.4 Å². The van der Waals surface area contributed by atoms with E-state index in [4.69, 9.17) is 4.74 Å². The maximum atomic E-state index is 13.5. The van der Waals surface area contributed by atoms with Crippen LogP contribution >= 0.6 is 0 Å². The van der Waals surface area contributed by atoms with Crippen molar-refractivity contribution in [3.63, 3.8) is 0 Å². The number of rotatable bonds is 8. The minimum atomic E-state index is -0.516. The topological polar surface area (TPSA) is 89.6 Å². The number of nitrogens with zero attached hydrogens (tertiary/aromatic N) is 1. The smallest absolute Gasteiger partial charge is 0.407 e. The van der Waals surface area contributed by atoms with Gasteiger partial charge in [0.2, 0.25) is 0 Å². The Kier molecular flexibility index (Phi) is 6.78. The second-order valence-corrected chi connectivity index (χ2v) is 9.24. The van der Waals surface area contributed by atoms with Gasteiger partial charge in [-0.05, 0) is 80.6 Å². The van der Waals surface area contributed by atoms with Gasteiger partial charge < -0.3 is 20.1 Å². The van der Waals surface area contributed by atoms with Gasteiger partial charge in [-0.3, -0.25) is 9.78 Å². The van der Waals surface area contributed by atoms with Gasteiger partial charge in [-0.15, -0.1) is 0 Å². The summed E-state index contributed by atoms with van der Waals surface area (Å²) in [6.45, 7) is 10.0. The monoisotopic (exact) mass is 473 g/mol. The Hall–Kier alpha value is -3.87. The summed E-state index contributed by atoms with van der Waals surface area (Å²) in [7, 11) is 1.31. The zero-order valence-corrected chi connectivity index (χ0v) is 20.6. The highest BCUT2D eigenvalue weighted by Crippen LogP contribution is 2.48. The molecule has 0 bridgehead atoms. The molecule has 1 heterocycles. The van der Waals surface area contributed by atoms with E-state index in [0.29, 0.717) is 11.3 Å². The number of fused-ring (bicyclic) bond motifs is 1. The molecular weight excluding hydrogens is 442 g/mol. The summed E-state index contributed by atoms with van der Waals surface area (Å²) < 4.78 is 10.4. The van der Waals surface area contributed by atoms with E-state index >= 15 is 0 Å². The van der Waals surface area contributed by atoms with E-state index in [0.717, 1.165) is 46.0 Å². The lowest BCUT2D eigenvalue weighted by atomic mass is 9.94. The molecule has 0 spiro atoms. The average Bonchev–Trinajstić information content (AvgIpc) is 3.62. The molecule has 2 aromatic carbocycles. The number of alkyl carbamates (subject to hydrolysis) is 1. The molecule has 1 aliphatic rings. The van der Waals surface area contributed by atoms with Gasteiger partial charge in [-0.1, -0.05) is 24.3 Å². The van der Waals surface area contributed by atoms with Crippen molar-refractivity contribution < 1.29 is 19.1 Å². The van der Waals surface area contributed by atoms with Gasteiger partial charge in [0.25, 0.3) is 5.91 Å². The lowest BCUT2D eigenvalue weighted by Crippen LogP contribution is -2.36. The van der Waals surface area contributed by atoms with Gasteiger partial charge in [-0.2, -0.15) is 0 Å². The molecule has 0 saturated heterocycles. The molecule has 1 fully saturated rings. The summed E-state index contributed by atoms with van der Waals surface area (Å²) in [5.74, 6) is 0.409. The number of hydrogen-bond acceptors (Lipinski definition) is 5. The number of carbonyl (C=O) groups is 2. The predicted octanol–water partition coefficient (Wildman–Crippen LogP) is 5.12. The van der Waals surface area contributed by atoms with Crippen LogP contribution in [0.25, 0.3) is 16.5 Å². The molecule has 7 heteroatoms. The lowest BCUT2D eigenvalue weighted by molar-refractivity contribution is 0.0930. The molecule has 35 heavy (non-hydrogen) atoms. The third kappa shape index (κ3) is 5.29. The van der Waals surface area contributed by atoms with E-state index in [9.17, 15) is 9.59 Å². The van der Waals surface area contributed by atoms with Crippen LogP contribution in [0, 0.1) is 6.92 Å². The van der Waals surface area contributed by atoms with Crippen LogP contribution in [0.5, 0.6) is 5.75 Å². The first-order valence-electron chi connectivity index (χ1n) is 11.7. The summed E-state index contributed by atoms with van der Waals surface area (Å²) in [4.78, 5) is 29.4. The number of amides is 2. The fourth-order valence-electron chi connectivity index (χ4n) is 4.15. The molecule has 1 saturated carbocycles. The van der Waals surface area contributed by atoms with Crippen LogP contribution in [0.15, 0.2) is 55.2 Å². The van der Waals surface area contributed by atoms with Gasteiger partial charge in [0.05, 0.1) is 24.2 Å². The summed E-state index contributed by atoms with van der Waals surface area (Å²) in [5, 5.41) is 6.99. The van der Waals surface area contributed by atoms with Crippen molar-refractivity contribution in [3.05, 3.63) is 77.5 Å². The Morgan fingerprint density at radius 1 is 1.20 bits per heavy atom. The Labute approximate surface area is 205 Å². The van der Waals surface area contributed by atoms with Crippen molar-refractivity contribution in [2.24, 2.45) is 0 Å². The van der Waals surface area contributed by atoms with E-state index in [2.05, 4.69) is 39.1 Å². The fraction of sp³-hybridized carbons (Fsp3) is 0.321. The molecule has 0 aliphatic heterocycles. The maximum Gasteiger partial charge on any atom is 0.407 e. The molecular formula is C28H31N3O4. The Bertz CT molecular complexity index is 1300. The fourth-order valence-corrected chi connectivity index (χ4v) is 4.15. The molecule has 7 nitrogen and oxygen atoms in total. The number of pyridine rings is 1. The average molecular weight is 474 g/mol. The highest BCUT2D eigenvalue weighted by atomic mass is 16.5. The number of methoxy groups -OCH3 is 1. The number of nitrogens with one attached hydrogen (secondary N) is 2. The van der Waals surface area contributed by atoms with Gasteiger partial charge in [0.1, 0.15) is 12.4 Å². The summed E-state index contributed by atoms with van der Waals surface area (Å²) >= 11 is 0. The Balaban J connectivity index is 1.56. The minimum Gasteiger partial charge on any atom is -0.491 e. The molecule has 1 aliphatic carbocycles. The van der Waals surface area contributed by atoms with E-state index in [1.165, 1.54) is 7.11 Å². The first-order chi connectivity index (χ1) is 16.7. The van der Waals surface area contributed by atoms with Crippen molar-refractivity contribution >= 4 is 28.5 Å². The van der Waals surface area contributed by atoms with E-state index < -0.39 is 11.6 Å². The molecule has 3 aromatic rings. The SMILES string of the molecule is C=C(C)c1cc(C2(NC(=O)c3cc(OCC(C)NC(=O)OC)ccc3C)CC2)c2cccnc2c1. The number of carbonyl (C=O) groups excluding carboxylic acids is 2. The number of aryl methyl sites for hydroxylation is 1. The number of ether oxygens (including phenoxy) is 2. The van der Waals surface area contributed by atoms with Gasteiger partial charge in [0, 0.05) is 17.1 Å². The van der Waals surface area contributed by atoms with Crippen LogP contribution in [0.1, 0.15) is 53.7 Å². The van der Waals surface area contributed by atoms with Gasteiger partial charge in [-0.25, -0.2) is 4.79 Å². The zero-order valence-electron chi connectivity index (χ0n) is 20.6. The third-order valence-corrected chi connectivity index (χ3v) is 6.34. The molecule has 1 atom stereocenters. The zero-order chi connectivity index (χ0) is 25.2. The number of aromatic nitrogens is 1. The van der Waals surface area contributed by atoms with Crippen molar-refractivity contribution in [3.8, 4) is 5.75 Å². The molecule has 1 aromatic heterocycles. The lowest BCUT2D eigenvalue weighted by Gasteiger charge is -2.22. The number of hydrogen-bond donors (Lipinski definition) is 2. The highest BCUT2D eigenvalue weighted by molar-refractivity contribution is 5.97. The molecule has 4 rings (SSSR count). The first-order valence-corrected chi connectivity index (χ1v) is 11.7. The van der Waals surface area contributed by atoms with Crippen molar-refractivity contribution in [2.75, 3.05) is 13.7 Å². The van der Waals surface area contributed by atoms with Crippen LogP contribution in [0.3, 0.4) is 0 Å². The van der Waals surface area contributed by atoms with E-state index in [-0.39, 0.29) is 18.6 Å². The molecule has 1 unspecified atom stereocenters. The van der Waals surface area contributed by atoms with Gasteiger partial charge >= 0.3 is 6.09 Å². The maximum absolute atomic E-state index is 13.5. The summed E-state index contributed by atoms with van der Waals surface area (Å²) in [5.41, 5.74) is 4.92. The third-order valence-electron chi connectivity index (χ3n) is 6.34. The highest BCUT2D eigenvalue weighted by Gasteiger charge is 2.47. The normalized spacial score (nSPS) is 14.6. The standard InChI is InChI=1S/C28H31N3O4/c1-17(2)20-13-24(22-7-6-12-29-25(22)14-20)28(10-11-28)31-26(32)23-15-21(9-8-18(23)3)35-16-19(4)30-27(33)34-5/h6-9,12-15,19H,1,10-11,16H2,2-5H3,(H,30,33)(H,31,32). The number of benzene rings is 2. The molecule has 182 valence electrons. The minimum absolute atomic E-state index is 0.149. The summed E-state index contributed by atoms with van der Waals surface area (Å²) in [6.07, 6.45) is 2.98. The predicted molar refractivity (Wildman–Crippen MR) is 137 cm³/mol. The van der Waals surface area contributed by atoms with Crippen LogP contribution in [0.4, 0.5) is 4.79 Å². The van der Waals surface area contributed by atoms with Crippen LogP contribution in [-0.4, -0.2) is 36.7 Å². The van der Waals surface area contributed by atoms with Gasteiger partial charge in [0.15, 0.2) is 0 Å². The molecule has 2 N–H and O–H groups in total. The quantitative estimate of drug-likeness (QED) is 0.474.